The number of para-hydroxylation sites is 2. The minimum Gasteiger partial charge on any atom is -0.456 e. The lowest BCUT2D eigenvalue weighted by Crippen LogP contribution is -2.05. The van der Waals surface area contributed by atoms with E-state index in [1.807, 2.05) is 72.8 Å². The van der Waals surface area contributed by atoms with E-state index in [0.717, 1.165) is 105 Å². The van der Waals surface area contributed by atoms with E-state index in [0.29, 0.717) is 23.9 Å². The normalized spacial score (nSPS) is 12.1. The summed E-state index contributed by atoms with van der Waals surface area (Å²) in [5.41, 5.74) is 21.7. The predicted octanol–water partition coefficient (Wildman–Crippen LogP) is 15.2. The Balaban J connectivity index is 1.14. The number of hydrogen-bond acceptors (Lipinski definition) is 5. The van der Waals surface area contributed by atoms with Crippen molar-refractivity contribution in [1.29, 1.82) is 0 Å². The molecule has 322 valence electrons. The van der Waals surface area contributed by atoms with Gasteiger partial charge in [0, 0.05) is 56.6 Å². The van der Waals surface area contributed by atoms with Gasteiger partial charge in [-0.25, -0.2) is 15.0 Å². The Morgan fingerprint density at radius 3 is 1.59 bits per heavy atom. The molecule has 0 radical (unpaired) electrons. The van der Waals surface area contributed by atoms with Gasteiger partial charge in [-0.1, -0.05) is 188 Å². The highest BCUT2D eigenvalue weighted by molar-refractivity contribution is 6.28. The van der Waals surface area contributed by atoms with Gasteiger partial charge in [-0.15, -0.1) is 0 Å². The molecule has 3 heterocycles. The largest absolute Gasteiger partial charge is 0.456 e. The van der Waals surface area contributed by atoms with Crippen molar-refractivity contribution >= 4 is 54.9 Å². The minimum absolute atomic E-state index is 0.442. The molecule has 0 aliphatic heterocycles. The Morgan fingerprint density at radius 1 is 0.456 bits per heavy atom. The lowest BCUT2D eigenvalue weighted by molar-refractivity contribution is 0.669. The van der Waals surface area contributed by atoms with Gasteiger partial charge in [0.2, 0.25) is 0 Å². The summed E-state index contributed by atoms with van der Waals surface area (Å²) in [7, 11) is 0. The molecular formula is C62H43N5O. The summed E-state index contributed by atoms with van der Waals surface area (Å²) in [6.45, 7) is 0. The molecule has 0 bridgehead atoms. The van der Waals surface area contributed by atoms with Crippen LogP contribution in [-0.2, 0) is 6.42 Å². The molecule has 0 atom stereocenters. The van der Waals surface area contributed by atoms with Crippen LogP contribution in [0.15, 0.2) is 241 Å². The van der Waals surface area contributed by atoms with Crippen LogP contribution in [0.4, 0.5) is 0 Å². The Bertz CT molecular complexity index is 3740. The third kappa shape index (κ3) is 7.21. The highest BCUT2D eigenvalue weighted by Crippen LogP contribution is 2.44. The standard InChI is InChI=1S/C62H43N5O/c63-40-47(56-49(41-20-6-1-7-21-41)32-19-33-50(56)42-22-8-2-9-23-42)39-46(62-65-60(43-24-10-3-11-25-43)64-61(66-62)44-26-12-4-13-27-44)38-45-28-18-35-54-57(45)59-55(68-54)37-36-53-58(59)51-31-16-17-34-52(51)67(53)48-29-14-5-15-30-48/h1-37,39-40H,38,63H2/b46-39+,47-40+. The number of rotatable bonds is 10. The molecule has 0 unspecified atom stereocenters. The molecule has 12 aromatic rings. The van der Waals surface area contributed by atoms with E-state index in [4.69, 9.17) is 25.1 Å². The average molecular weight is 874 g/mol. The summed E-state index contributed by atoms with van der Waals surface area (Å²) < 4.78 is 9.16. The topological polar surface area (TPSA) is 82.8 Å². The van der Waals surface area contributed by atoms with Crippen LogP contribution in [0.25, 0.3) is 106 Å². The van der Waals surface area contributed by atoms with Crippen molar-refractivity contribution < 1.29 is 4.42 Å². The van der Waals surface area contributed by atoms with Crippen LogP contribution >= 0.6 is 0 Å². The van der Waals surface area contributed by atoms with E-state index in [1.165, 1.54) is 0 Å². The lowest BCUT2D eigenvalue weighted by atomic mass is 9.86. The molecule has 3 aromatic heterocycles. The van der Waals surface area contributed by atoms with Crippen LogP contribution in [0.3, 0.4) is 0 Å². The number of hydrogen-bond donors (Lipinski definition) is 1. The summed E-state index contributed by atoms with van der Waals surface area (Å²) in [6, 6.07) is 77.6. The van der Waals surface area contributed by atoms with Gasteiger partial charge in [-0.3, -0.25) is 0 Å². The SMILES string of the molecule is N/C=C(\C=C(/Cc1cccc2oc3ccc4c(c5ccccc5n4-c4ccccc4)c3c12)c1nc(-c2ccccc2)nc(-c2ccccc2)n1)c1c(-c2ccccc2)cccc1-c1ccccc1. The minimum atomic E-state index is 0.442. The van der Waals surface area contributed by atoms with E-state index >= 15 is 0 Å². The Hall–Kier alpha value is -9.13. The highest BCUT2D eigenvalue weighted by Gasteiger charge is 2.23. The van der Waals surface area contributed by atoms with E-state index < -0.39 is 0 Å². The summed E-state index contributed by atoms with van der Waals surface area (Å²) >= 11 is 0. The fourth-order valence-corrected chi connectivity index (χ4v) is 9.76. The first-order valence-corrected chi connectivity index (χ1v) is 22.9. The van der Waals surface area contributed by atoms with Gasteiger partial charge < -0.3 is 14.7 Å². The van der Waals surface area contributed by atoms with E-state index in [9.17, 15) is 0 Å². The second-order valence-electron chi connectivity index (χ2n) is 16.9. The molecule has 0 fully saturated rings. The van der Waals surface area contributed by atoms with Crippen LogP contribution < -0.4 is 5.73 Å². The molecule has 6 nitrogen and oxygen atoms in total. The van der Waals surface area contributed by atoms with Crippen LogP contribution in [0.2, 0.25) is 0 Å². The van der Waals surface area contributed by atoms with E-state index in [1.54, 1.807) is 6.20 Å². The molecular weight excluding hydrogens is 831 g/mol. The van der Waals surface area contributed by atoms with Gasteiger partial charge in [0.25, 0.3) is 0 Å². The summed E-state index contributed by atoms with van der Waals surface area (Å²) in [6.07, 6.45) is 4.35. The monoisotopic (exact) mass is 873 g/mol. The number of benzene rings is 9. The van der Waals surface area contributed by atoms with Gasteiger partial charge >= 0.3 is 0 Å². The number of nitrogens with zero attached hydrogens (tertiary/aromatic N) is 4. The third-order valence-electron chi connectivity index (χ3n) is 12.8. The molecule has 0 amide bonds. The number of allylic oxidation sites excluding steroid dienone is 3. The maximum absolute atomic E-state index is 6.90. The molecule has 68 heavy (non-hydrogen) atoms. The second-order valence-corrected chi connectivity index (χ2v) is 16.9. The van der Waals surface area contributed by atoms with Gasteiger partial charge in [0.05, 0.1) is 11.0 Å². The van der Waals surface area contributed by atoms with Gasteiger partial charge in [0.1, 0.15) is 11.2 Å². The fraction of sp³-hybridized carbons (Fsp3) is 0.0161. The molecule has 2 N–H and O–H groups in total. The van der Waals surface area contributed by atoms with Crippen molar-refractivity contribution in [2.24, 2.45) is 5.73 Å². The van der Waals surface area contributed by atoms with E-state index in [2.05, 4.69) is 162 Å². The van der Waals surface area contributed by atoms with Gasteiger partial charge in [-0.05, 0) is 81.4 Å². The first-order chi connectivity index (χ1) is 33.7. The van der Waals surface area contributed by atoms with Gasteiger partial charge in [-0.2, -0.15) is 0 Å². The van der Waals surface area contributed by atoms with Crippen LogP contribution in [0.5, 0.6) is 0 Å². The predicted molar refractivity (Wildman–Crippen MR) is 280 cm³/mol. The molecule has 0 aliphatic rings. The van der Waals surface area contributed by atoms with Crippen molar-refractivity contribution in [3.8, 4) is 50.7 Å². The van der Waals surface area contributed by atoms with Crippen molar-refractivity contribution in [3.63, 3.8) is 0 Å². The Labute approximate surface area is 393 Å². The van der Waals surface area contributed by atoms with Crippen LogP contribution in [-0.4, -0.2) is 19.5 Å². The molecule has 9 aromatic carbocycles. The maximum atomic E-state index is 6.90. The molecule has 12 rings (SSSR count). The molecule has 0 aliphatic carbocycles. The number of nitrogens with two attached hydrogens (primary N) is 1. The second kappa shape index (κ2) is 17.3. The van der Waals surface area contributed by atoms with Crippen LogP contribution in [0.1, 0.15) is 17.0 Å². The zero-order valence-electron chi connectivity index (χ0n) is 37.0. The Morgan fingerprint density at radius 2 is 0.985 bits per heavy atom. The number of fused-ring (bicyclic) bond motifs is 7. The van der Waals surface area contributed by atoms with Crippen molar-refractivity contribution in [2.45, 2.75) is 6.42 Å². The molecule has 6 heteroatoms. The molecule has 0 saturated heterocycles. The fourth-order valence-electron chi connectivity index (χ4n) is 9.76. The number of aromatic nitrogens is 4. The maximum Gasteiger partial charge on any atom is 0.164 e. The summed E-state index contributed by atoms with van der Waals surface area (Å²) in [5.74, 6) is 1.71. The summed E-state index contributed by atoms with van der Waals surface area (Å²) in [5, 5.41) is 4.41. The van der Waals surface area contributed by atoms with Gasteiger partial charge in [0.15, 0.2) is 17.5 Å². The zero-order valence-corrected chi connectivity index (χ0v) is 37.0. The smallest absolute Gasteiger partial charge is 0.164 e. The summed E-state index contributed by atoms with van der Waals surface area (Å²) in [4.78, 5) is 15.8. The lowest BCUT2D eigenvalue weighted by Gasteiger charge is -2.18. The number of furan rings is 1. The average Bonchev–Trinajstić information content (AvgIpc) is 3.97. The zero-order chi connectivity index (χ0) is 45.4. The van der Waals surface area contributed by atoms with Crippen molar-refractivity contribution in [2.75, 3.05) is 0 Å². The Kier molecular flexibility index (Phi) is 10.3. The third-order valence-corrected chi connectivity index (χ3v) is 12.8. The highest BCUT2D eigenvalue weighted by atomic mass is 16.3. The van der Waals surface area contributed by atoms with Crippen molar-refractivity contribution in [1.82, 2.24) is 19.5 Å². The van der Waals surface area contributed by atoms with Crippen molar-refractivity contribution in [3.05, 3.63) is 254 Å². The first kappa shape index (κ1) is 40.4. The van der Waals surface area contributed by atoms with E-state index in [-0.39, 0.29) is 0 Å². The molecule has 0 saturated carbocycles. The van der Waals surface area contributed by atoms with Crippen LogP contribution in [0, 0.1) is 0 Å². The molecule has 0 spiro atoms. The first-order valence-electron chi connectivity index (χ1n) is 22.9. The quantitative estimate of drug-likeness (QED) is 0.138.